The van der Waals surface area contributed by atoms with Gasteiger partial charge < -0.3 is 4.90 Å². The molecule has 0 aromatic heterocycles. The first-order valence-corrected chi connectivity index (χ1v) is 6.48. The lowest BCUT2D eigenvalue weighted by atomic mass is 9.99. The molecule has 100 valence electrons. The Hall–Kier alpha value is -1.84. The maximum atomic E-state index is 5.69. The van der Waals surface area contributed by atoms with Crippen LogP contribution >= 0.6 is 0 Å². The normalized spacial score (nSPS) is 12.2. The smallest absolute Gasteiger partial charge is 0.0500 e. The van der Waals surface area contributed by atoms with Crippen molar-refractivity contribution >= 4 is 5.69 Å². The van der Waals surface area contributed by atoms with Gasteiger partial charge in [-0.3, -0.25) is 11.3 Å². The van der Waals surface area contributed by atoms with Crippen LogP contribution in [0.1, 0.15) is 17.2 Å². The molecule has 0 heterocycles. The van der Waals surface area contributed by atoms with Gasteiger partial charge in [-0.05, 0) is 29.7 Å². The van der Waals surface area contributed by atoms with E-state index < -0.39 is 0 Å². The van der Waals surface area contributed by atoms with Crippen LogP contribution in [0.25, 0.3) is 0 Å². The number of nitrogens with one attached hydrogen (secondary N) is 1. The van der Waals surface area contributed by atoms with Gasteiger partial charge in [0.05, 0.1) is 0 Å². The molecule has 1 atom stereocenters. The minimum Gasteiger partial charge on any atom is -0.378 e. The number of nitrogens with two attached hydrogens (primary N) is 1. The molecule has 0 fully saturated rings. The highest BCUT2D eigenvalue weighted by molar-refractivity contribution is 5.46. The Kier molecular flexibility index (Phi) is 4.55. The molecule has 0 spiro atoms. The molecule has 0 bridgehead atoms. The number of hydrogen-bond acceptors (Lipinski definition) is 3. The number of rotatable bonds is 5. The van der Waals surface area contributed by atoms with Crippen molar-refractivity contribution in [3.8, 4) is 0 Å². The van der Waals surface area contributed by atoms with Crippen molar-refractivity contribution in [3.63, 3.8) is 0 Å². The average molecular weight is 255 g/mol. The third-order valence-electron chi connectivity index (χ3n) is 3.30. The fraction of sp³-hybridized carbons (Fsp3) is 0.250. The summed E-state index contributed by atoms with van der Waals surface area (Å²) < 4.78 is 0. The van der Waals surface area contributed by atoms with Crippen LogP contribution in [0.15, 0.2) is 54.6 Å². The highest BCUT2D eigenvalue weighted by Gasteiger charge is 2.10. The van der Waals surface area contributed by atoms with Crippen LogP contribution in [-0.4, -0.2) is 14.1 Å². The van der Waals surface area contributed by atoms with Crippen molar-refractivity contribution < 1.29 is 0 Å². The van der Waals surface area contributed by atoms with E-state index in [0.717, 1.165) is 6.42 Å². The third-order valence-corrected chi connectivity index (χ3v) is 3.30. The monoisotopic (exact) mass is 255 g/mol. The Bertz CT molecular complexity index is 491. The number of nitrogens with zero attached hydrogens (tertiary/aromatic N) is 1. The molecule has 0 aliphatic carbocycles. The summed E-state index contributed by atoms with van der Waals surface area (Å²) in [5.41, 5.74) is 6.58. The van der Waals surface area contributed by atoms with Crippen molar-refractivity contribution in [1.29, 1.82) is 0 Å². The molecule has 2 aromatic rings. The van der Waals surface area contributed by atoms with Crippen LogP contribution in [0, 0.1) is 0 Å². The Morgan fingerprint density at radius 2 is 1.63 bits per heavy atom. The number of anilines is 1. The van der Waals surface area contributed by atoms with E-state index in [1.807, 2.05) is 20.2 Å². The molecule has 0 aliphatic heterocycles. The maximum absolute atomic E-state index is 5.69. The lowest BCUT2D eigenvalue weighted by Crippen LogP contribution is -2.29. The van der Waals surface area contributed by atoms with Gasteiger partial charge in [-0.25, -0.2) is 0 Å². The summed E-state index contributed by atoms with van der Waals surface area (Å²) in [5.74, 6) is 5.69. The van der Waals surface area contributed by atoms with E-state index >= 15 is 0 Å². The van der Waals surface area contributed by atoms with E-state index in [1.165, 1.54) is 16.8 Å². The molecule has 19 heavy (non-hydrogen) atoms. The Morgan fingerprint density at radius 3 is 2.16 bits per heavy atom. The van der Waals surface area contributed by atoms with Gasteiger partial charge in [0.25, 0.3) is 0 Å². The third kappa shape index (κ3) is 3.56. The van der Waals surface area contributed by atoms with Crippen LogP contribution in [-0.2, 0) is 6.42 Å². The van der Waals surface area contributed by atoms with Gasteiger partial charge in [0.1, 0.15) is 0 Å². The minimum atomic E-state index is 0.138. The van der Waals surface area contributed by atoms with Crippen molar-refractivity contribution in [2.75, 3.05) is 19.0 Å². The summed E-state index contributed by atoms with van der Waals surface area (Å²) in [6, 6.07) is 19.0. The average Bonchev–Trinajstić information content (AvgIpc) is 2.46. The predicted octanol–water partition coefficient (Wildman–Crippen LogP) is 2.50. The molecule has 1 unspecified atom stereocenters. The predicted molar refractivity (Wildman–Crippen MR) is 81.0 cm³/mol. The first-order valence-electron chi connectivity index (χ1n) is 6.48. The van der Waals surface area contributed by atoms with E-state index in [-0.39, 0.29) is 6.04 Å². The molecule has 2 rings (SSSR count). The number of hydrogen-bond donors (Lipinski definition) is 2. The second-order valence-corrected chi connectivity index (χ2v) is 4.89. The van der Waals surface area contributed by atoms with E-state index in [2.05, 4.69) is 58.9 Å². The zero-order valence-corrected chi connectivity index (χ0v) is 11.5. The van der Waals surface area contributed by atoms with Gasteiger partial charge in [-0.15, -0.1) is 0 Å². The molecule has 0 aliphatic rings. The van der Waals surface area contributed by atoms with Crippen LogP contribution < -0.4 is 16.2 Å². The topological polar surface area (TPSA) is 41.3 Å². The van der Waals surface area contributed by atoms with Gasteiger partial charge in [0.15, 0.2) is 0 Å². The number of hydrazine groups is 1. The second kappa shape index (κ2) is 6.36. The van der Waals surface area contributed by atoms with Gasteiger partial charge in [0, 0.05) is 25.8 Å². The molecule has 0 saturated heterocycles. The van der Waals surface area contributed by atoms with Crippen LogP contribution in [0.3, 0.4) is 0 Å². The summed E-state index contributed by atoms with van der Waals surface area (Å²) in [4.78, 5) is 2.09. The molecule has 0 amide bonds. The Balaban J connectivity index is 2.13. The highest BCUT2D eigenvalue weighted by atomic mass is 15.2. The lowest BCUT2D eigenvalue weighted by Gasteiger charge is -2.18. The van der Waals surface area contributed by atoms with Gasteiger partial charge in [-0.1, -0.05) is 42.5 Å². The zero-order valence-electron chi connectivity index (χ0n) is 11.5. The van der Waals surface area contributed by atoms with Crippen molar-refractivity contribution in [2.45, 2.75) is 12.5 Å². The zero-order chi connectivity index (χ0) is 13.7. The summed E-state index contributed by atoms with van der Waals surface area (Å²) in [6.07, 6.45) is 0.888. The van der Waals surface area contributed by atoms with Gasteiger partial charge in [0.2, 0.25) is 0 Å². The molecular weight excluding hydrogens is 234 g/mol. The molecular formula is C16H21N3. The molecule has 0 saturated carbocycles. The van der Waals surface area contributed by atoms with Gasteiger partial charge >= 0.3 is 0 Å². The van der Waals surface area contributed by atoms with Crippen LogP contribution in [0.2, 0.25) is 0 Å². The fourth-order valence-corrected chi connectivity index (χ4v) is 2.13. The summed E-state index contributed by atoms with van der Waals surface area (Å²) in [6.45, 7) is 0. The standard InChI is InChI=1S/C16H21N3/c1-19(2)15-10-8-14(9-11-15)16(18-17)12-13-6-4-3-5-7-13/h3-11,16,18H,12,17H2,1-2H3. The Labute approximate surface area is 115 Å². The summed E-state index contributed by atoms with van der Waals surface area (Å²) in [5, 5.41) is 0. The SMILES string of the molecule is CN(C)c1ccc(C(Cc2ccccc2)NN)cc1. The first-order chi connectivity index (χ1) is 9.20. The maximum Gasteiger partial charge on any atom is 0.0500 e. The molecule has 2 aromatic carbocycles. The molecule has 0 radical (unpaired) electrons. The molecule has 3 nitrogen and oxygen atoms in total. The minimum absolute atomic E-state index is 0.138. The Morgan fingerprint density at radius 1 is 1.00 bits per heavy atom. The fourth-order valence-electron chi connectivity index (χ4n) is 2.13. The van der Waals surface area contributed by atoms with E-state index in [4.69, 9.17) is 5.84 Å². The second-order valence-electron chi connectivity index (χ2n) is 4.89. The molecule has 3 heteroatoms. The summed E-state index contributed by atoms with van der Waals surface area (Å²) in [7, 11) is 4.08. The van der Waals surface area contributed by atoms with Gasteiger partial charge in [-0.2, -0.15) is 0 Å². The van der Waals surface area contributed by atoms with Crippen molar-refractivity contribution in [2.24, 2.45) is 5.84 Å². The highest BCUT2D eigenvalue weighted by Crippen LogP contribution is 2.20. The van der Waals surface area contributed by atoms with E-state index in [9.17, 15) is 0 Å². The molecule has 3 N–H and O–H groups in total. The van der Waals surface area contributed by atoms with Crippen molar-refractivity contribution in [1.82, 2.24) is 5.43 Å². The van der Waals surface area contributed by atoms with E-state index in [1.54, 1.807) is 0 Å². The van der Waals surface area contributed by atoms with Crippen LogP contribution in [0.5, 0.6) is 0 Å². The largest absolute Gasteiger partial charge is 0.378 e. The number of benzene rings is 2. The first kappa shape index (κ1) is 13.6. The van der Waals surface area contributed by atoms with Crippen molar-refractivity contribution in [3.05, 3.63) is 65.7 Å². The quantitative estimate of drug-likeness (QED) is 0.637. The van der Waals surface area contributed by atoms with Crippen LogP contribution in [0.4, 0.5) is 5.69 Å². The summed E-state index contributed by atoms with van der Waals surface area (Å²) >= 11 is 0. The van der Waals surface area contributed by atoms with E-state index in [0.29, 0.717) is 0 Å². The lowest BCUT2D eigenvalue weighted by molar-refractivity contribution is 0.552.